The number of pyridine rings is 1. The molecular weight excluding hydrogens is 356 g/mol. The predicted molar refractivity (Wildman–Crippen MR) is 113 cm³/mol. The molecule has 0 aliphatic carbocycles. The van der Waals surface area contributed by atoms with Gasteiger partial charge in [-0.05, 0) is 31.5 Å². The van der Waals surface area contributed by atoms with Crippen molar-refractivity contribution in [3.8, 4) is 17.4 Å². The average molecular weight is 386 g/mol. The highest BCUT2D eigenvalue weighted by atomic mass is 16.5. The summed E-state index contributed by atoms with van der Waals surface area (Å²) in [6, 6.07) is 9.52. The van der Waals surface area contributed by atoms with Crippen LogP contribution in [-0.4, -0.2) is 38.3 Å². The number of rotatable bonds is 10. The number of aromatic nitrogens is 1. The Morgan fingerprint density at radius 1 is 1.11 bits per heavy atom. The van der Waals surface area contributed by atoms with Crippen molar-refractivity contribution in [1.29, 1.82) is 0 Å². The summed E-state index contributed by atoms with van der Waals surface area (Å²) in [7, 11) is 3.23. The van der Waals surface area contributed by atoms with Gasteiger partial charge in [-0.2, -0.15) is 0 Å². The molecule has 2 aromatic rings. The van der Waals surface area contributed by atoms with Crippen LogP contribution in [0.25, 0.3) is 0 Å². The lowest BCUT2D eigenvalue weighted by Gasteiger charge is -2.14. The van der Waals surface area contributed by atoms with Gasteiger partial charge >= 0.3 is 0 Å². The van der Waals surface area contributed by atoms with E-state index in [2.05, 4.69) is 27.5 Å². The molecule has 0 spiro atoms. The Morgan fingerprint density at radius 2 is 1.93 bits per heavy atom. The highest BCUT2D eigenvalue weighted by molar-refractivity contribution is 5.93. The van der Waals surface area contributed by atoms with Crippen molar-refractivity contribution in [1.82, 2.24) is 10.3 Å². The molecule has 0 aliphatic rings. The number of aliphatic imine (C=N–C) groups is 1. The van der Waals surface area contributed by atoms with Crippen molar-refractivity contribution < 1.29 is 14.2 Å². The molecule has 1 aromatic heterocycles. The zero-order valence-electron chi connectivity index (χ0n) is 17.1. The fourth-order valence-corrected chi connectivity index (χ4v) is 2.51. The molecule has 28 heavy (non-hydrogen) atoms. The van der Waals surface area contributed by atoms with Crippen LogP contribution in [0.1, 0.15) is 32.3 Å². The highest BCUT2D eigenvalue weighted by Gasteiger charge is 2.08. The van der Waals surface area contributed by atoms with E-state index >= 15 is 0 Å². The molecule has 7 heteroatoms. The van der Waals surface area contributed by atoms with Crippen molar-refractivity contribution in [2.24, 2.45) is 4.99 Å². The molecule has 2 N–H and O–H groups in total. The van der Waals surface area contributed by atoms with Crippen molar-refractivity contribution in [3.05, 3.63) is 42.1 Å². The first kappa shape index (κ1) is 21.3. The second kappa shape index (κ2) is 11.7. The fourth-order valence-electron chi connectivity index (χ4n) is 2.51. The second-order valence-corrected chi connectivity index (χ2v) is 6.06. The lowest BCUT2D eigenvalue weighted by molar-refractivity contribution is 0.294. The number of ether oxygens (including phenoxy) is 3. The molecule has 0 bridgehead atoms. The molecule has 0 saturated carbocycles. The lowest BCUT2D eigenvalue weighted by Crippen LogP contribution is -2.30. The number of hydrogen-bond acceptors (Lipinski definition) is 5. The Morgan fingerprint density at radius 3 is 2.64 bits per heavy atom. The van der Waals surface area contributed by atoms with E-state index in [1.165, 1.54) is 0 Å². The van der Waals surface area contributed by atoms with E-state index in [0.29, 0.717) is 36.5 Å². The molecule has 0 radical (unpaired) electrons. The zero-order chi connectivity index (χ0) is 20.2. The summed E-state index contributed by atoms with van der Waals surface area (Å²) in [5, 5.41) is 6.53. The van der Waals surface area contributed by atoms with E-state index in [1.54, 1.807) is 20.4 Å². The van der Waals surface area contributed by atoms with E-state index in [1.807, 2.05) is 37.3 Å². The van der Waals surface area contributed by atoms with Crippen LogP contribution in [0.4, 0.5) is 5.69 Å². The van der Waals surface area contributed by atoms with E-state index in [0.717, 1.165) is 30.6 Å². The summed E-state index contributed by atoms with van der Waals surface area (Å²) in [5.74, 6) is 2.64. The first-order valence-corrected chi connectivity index (χ1v) is 9.55. The first-order chi connectivity index (χ1) is 13.7. The molecular formula is C21H30N4O3. The summed E-state index contributed by atoms with van der Waals surface area (Å²) in [6.45, 7) is 6.02. The monoisotopic (exact) mass is 386 g/mol. The Balaban J connectivity index is 2.13. The third-order valence-electron chi connectivity index (χ3n) is 3.98. The number of benzene rings is 1. The Bertz CT molecular complexity index is 765. The lowest BCUT2D eigenvalue weighted by atomic mass is 10.2. The van der Waals surface area contributed by atoms with Gasteiger partial charge in [0.15, 0.2) is 17.5 Å². The third-order valence-corrected chi connectivity index (χ3v) is 3.98. The normalized spacial score (nSPS) is 11.1. The van der Waals surface area contributed by atoms with Gasteiger partial charge in [-0.25, -0.2) is 9.98 Å². The molecule has 0 unspecified atom stereocenters. The van der Waals surface area contributed by atoms with Crippen molar-refractivity contribution in [3.63, 3.8) is 0 Å². The highest BCUT2D eigenvalue weighted by Crippen LogP contribution is 2.29. The number of unbranched alkanes of at least 4 members (excludes halogenated alkanes) is 1. The minimum atomic E-state index is 0.456. The largest absolute Gasteiger partial charge is 0.493 e. The molecule has 0 fully saturated rings. The minimum absolute atomic E-state index is 0.456. The van der Waals surface area contributed by atoms with Crippen LogP contribution in [0.5, 0.6) is 17.4 Å². The van der Waals surface area contributed by atoms with Crippen LogP contribution in [0.3, 0.4) is 0 Å². The number of guanidine groups is 1. The van der Waals surface area contributed by atoms with Crippen LogP contribution in [0.2, 0.25) is 0 Å². The number of anilines is 1. The molecule has 0 saturated heterocycles. The average Bonchev–Trinajstić information content (AvgIpc) is 2.73. The molecule has 0 aliphatic heterocycles. The molecule has 1 aromatic carbocycles. The molecule has 0 atom stereocenters. The van der Waals surface area contributed by atoms with Gasteiger partial charge in [0.1, 0.15) is 0 Å². The molecule has 7 nitrogen and oxygen atoms in total. The minimum Gasteiger partial charge on any atom is -0.493 e. The molecule has 1 heterocycles. The Labute approximate surface area is 167 Å². The third kappa shape index (κ3) is 6.33. The molecule has 2 rings (SSSR count). The summed E-state index contributed by atoms with van der Waals surface area (Å²) >= 11 is 0. The maximum atomic E-state index is 5.79. The van der Waals surface area contributed by atoms with E-state index in [9.17, 15) is 0 Å². The van der Waals surface area contributed by atoms with Gasteiger partial charge in [0, 0.05) is 30.1 Å². The van der Waals surface area contributed by atoms with E-state index < -0.39 is 0 Å². The van der Waals surface area contributed by atoms with Crippen LogP contribution in [0, 0.1) is 0 Å². The van der Waals surface area contributed by atoms with Gasteiger partial charge in [0.25, 0.3) is 0 Å². The maximum absolute atomic E-state index is 5.79. The zero-order valence-corrected chi connectivity index (χ0v) is 17.1. The number of nitrogens with one attached hydrogen (secondary N) is 2. The first-order valence-electron chi connectivity index (χ1n) is 9.55. The van der Waals surface area contributed by atoms with E-state index in [4.69, 9.17) is 14.2 Å². The summed E-state index contributed by atoms with van der Waals surface area (Å²) in [4.78, 5) is 9.01. The topological polar surface area (TPSA) is 77.0 Å². The van der Waals surface area contributed by atoms with Crippen molar-refractivity contribution in [2.75, 3.05) is 32.7 Å². The summed E-state index contributed by atoms with van der Waals surface area (Å²) in [6.07, 6.45) is 3.82. The maximum Gasteiger partial charge on any atom is 0.218 e. The van der Waals surface area contributed by atoms with Gasteiger partial charge in [-0.15, -0.1) is 0 Å². The van der Waals surface area contributed by atoms with Gasteiger partial charge in [-0.1, -0.05) is 19.4 Å². The summed E-state index contributed by atoms with van der Waals surface area (Å²) in [5.41, 5.74) is 1.80. The summed E-state index contributed by atoms with van der Waals surface area (Å²) < 4.78 is 16.4. The Kier molecular flexibility index (Phi) is 8.91. The van der Waals surface area contributed by atoms with Gasteiger partial charge in [0.05, 0.1) is 27.4 Å². The second-order valence-electron chi connectivity index (χ2n) is 6.06. The van der Waals surface area contributed by atoms with Crippen LogP contribution in [-0.2, 0) is 6.54 Å². The van der Waals surface area contributed by atoms with Crippen LogP contribution >= 0.6 is 0 Å². The molecule has 0 amide bonds. The van der Waals surface area contributed by atoms with E-state index in [-0.39, 0.29) is 0 Å². The SMILES string of the molecule is CCCCOc1ncccc1CN=C(NCC)Nc1ccc(OC)c(OC)c1. The van der Waals surface area contributed by atoms with Crippen LogP contribution < -0.4 is 24.8 Å². The predicted octanol–water partition coefficient (Wildman–Crippen LogP) is 3.86. The number of nitrogens with zero attached hydrogens (tertiary/aromatic N) is 2. The number of hydrogen-bond donors (Lipinski definition) is 2. The van der Waals surface area contributed by atoms with Gasteiger partial charge < -0.3 is 24.8 Å². The molecule has 152 valence electrons. The van der Waals surface area contributed by atoms with Crippen LogP contribution in [0.15, 0.2) is 41.5 Å². The van der Waals surface area contributed by atoms with Gasteiger partial charge in [0.2, 0.25) is 5.88 Å². The fraction of sp³-hybridized carbons (Fsp3) is 0.429. The Hall–Kier alpha value is -2.96. The van der Waals surface area contributed by atoms with Gasteiger partial charge in [-0.3, -0.25) is 0 Å². The number of methoxy groups -OCH3 is 2. The van der Waals surface area contributed by atoms with Crippen molar-refractivity contribution >= 4 is 11.6 Å². The standard InChI is InChI=1S/C21H30N4O3/c1-5-7-13-28-20-16(9-8-12-23-20)15-24-21(22-6-2)25-17-10-11-18(26-3)19(14-17)27-4/h8-12,14H,5-7,13,15H2,1-4H3,(H2,22,24,25). The van der Waals surface area contributed by atoms with Crippen molar-refractivity contribution in [2.45, 2.75) is 33.2 Å². The quantitative estimate of drug-likeness (QED) is 0.367. The smallest absolute Gasteiger partial charge is 0.218 e.